The van der Waals surface area contributed by atoms with Gasteiger partial charge in [0.1, 0.15) is 0 Å². The Labute approximate surface area is 85.8 Å². The van der Waals surface area contributed by atoms with E-state index in [-0.39, 0.29) is 5.75 Å². The van der Waals surface area contributed by atoms with Gasteiger partial charge in [0.15, 0.2) is 0 Å². The topological polar surface area (TPSA) is 66.4 Å². The molecule has 2 N–H and O–H groups in total. The molecule has 1 fully saturated rings. The lowest BCUT2D eigenvalue weighted by Crippen LogP contribution is -2.27. The van der Waals surface area contributed by atoms with Gasteiger partial charge in [-0.3, -0.25) is 4.55 Å². The molecule has 0 radical (unpaired) electrons. The Bertz CT molecular complexity index is 245. The summed E-state index contributed by atoms with van der Waals surface area (Å²) in [6.07, 6.45) is 6.47. The average molecular weight is 221 g/mol. The van der Waals surface area contributed by atoms with E-state index in [1.54, 1.807) is 0 Å². The summed E-state index contributed by atoms with van der Waals surface area (Å²) in [7, 11) is -3.75. The van der Waals surface area contributed by atoms with E-state index in [1.165, 1.54) is 25.7 Å². The molecule has 4 nitrogen and oxygen atoms in total. The zero-order valence-corrected chi connectivity index (χ0v) is 9.22. The highest BCUT2D eigenvalue weighted by molar-refractivity contribution is 7.85. The van der Waals surface area contributed by atoms with E-state index >= 15 is 0 Å². The summed E-state index contributed by atoms with van der Waals surface area (Å²) in [5.74, 6) is -0.112. The number of rotatable bonds is 6. The van der Waals surface area contributed by atoms with Crippen LogP contribution in [0.3, 0.4) is 0 Å². The molecule has 84 valence electrons. The molecule has 0 aliphatic heterocycles. The van der Waals surface area contributed by atoms with Crippen molar-refractivity contribution in [2.24, 2.45) is 0 Å². The Hall–Kier alpha value is -0.130. The molecular weight excluding hydrogens is 202 g/mol. The van der Waals surface area contributed by atoms with Gasteiger partial charge in [-0.15, -0.1) is 0 Å². The molecule has 0 bridgehead atoms. The van der Waals surface area contributed by atoms with Crippen molar-refractivity contribution < 1.29 is 13.0 Å². The van der Waals surface area contributed by atoms with Gasteiger partial charge in [0.2, 0.25) is 0 Å². The third-order valence-electron chi connectivity index (χ3n) is 2.62. The van der Waals surface area contributed by atoms with Gasteiger partial charge in [-0.25, -0.2) is 0 Å². The van der Waals surface area contributed by atoms with Gasteiger partial charge in [0, 0.05) is 6.04 Å². The lowest BCUT2D eigenvalue weighted by atomic mass is 10.2. The fourth-order valence-electron chi connectivity index (χ4n) is 1.85. The van der Waals surface area contributed by atoms with Crippen LogP contribution in [0.4, 0.5) is 0 Å². The Balaban J connectivity index is 1.94. The molecule has 1 saturated carbocycles. The van der Waals surface area contributed by atoms with E-state index in [0.29, 0.717) is 12.5 Å². The molecule has 1 aliphatic rings. The molecular formula is C9H19NO3S. The Kier molecular flexibility index (Phi) is 4.84. The first-order chi connectivity index (χ1) is 6.58. The van der Waals surface area contributed by atoms with Gasteiger partial charge < -0.3 is 5.32 Å². The number of hydrogen-bond donors (Lipinski definition) is 2. The van der Waals surface area contributed by atoms with Crippen molar-refractivity contribution in [3.8, 4) is 0 Å². The first-order valence-corrected chi connectivity index (χ1v) is 6.87. The number of nitrogens with one attached hydrogen (secondary N) is 1. The van der Waals surface area contributed by atoms with E-state index in [1.807, 2.05) is 0 Å². The minimum Gasteiger partial charge on any atom is -0.314 e. The fourth-order valence-corrected chi connectivity index (χ4v) is 2.41. The first kappa shape index (κ1) is 11.9. The van der Waals surface area contributed by atoms with Gasteiger partial charge in [-0.2, -0.15) is 8.42 Å². The van der Waals surface area contributed by atoms with Crippen LogP contribution in [-0.2, 0) is 10.1 Å². The average Bonchev–Trinajstić information content (AvgIpc) is 2.54. The van der Waals surface area contributed by atoms with Gasteiger partial charge in [0.05, 0.1) is 5.75 Å². The molecule has 0 spiro atoms. The van der Waals surface area contributed by atoms with E-state index in [2.05, 4.69) is 5.32 Å². The first-order valence-electron chi connectivity index (χ1n) is 5.26. The van der Waals surface area contributed by atoms with Gasteiger partial charge in [-0.1, -0.05) is 12.8 Å². The van der Waals surface area contributed by atoms with Gasteiger partial charge in [-0.05, 0) is 32.2 Å². The molecule has 0 amide bonds. The predicted octanol–water partition coefficient (Wildman–Crippen LogP) is 1.19. The lowest BCUT2D eigenvalue weighted by Gasteiger charge is -2.10. The van der Waals surface area contributed by atoms with Crippen LogP contribution in [0.1, 0.15) is 38.5 Å². The van der Waals surface area contributed by atoms with Gasteiger partial charge in [0.25, 0.3) is 10.1 Å². The summed E-state index contributed by atoms with van der Waals surface area (Å²) < 4.78 is 29.3. The SMILES string of the molecule is O=S(=O)(O)CCCCNC1CCCC1. The Morgan fingerprint density at radius 2 is 1.86 bits per heavy atom. The molecule has 5 heteroatoms. The van der Waals surface area contributed by atoms with E-state index in [0.717, 1.165) is 13.0 Å². The minimum absolute atomic E-state index is 0.112. The van der Waals surface area contributed by atoms with Crippen LogP contribution in [0.5, 0.6) is 0 Å². The van der Waals surface area contributed by atoms with E-state index in [4.69, 9.17) is 4.55 Å². The van der Waals surface area contributed by atoms with Crippen molar-refractivity contribution >= 4 is 10.1 Å². The lowest BCUT2D eigenvalue weighted by molar-refractivity contribution is 0.475. The maximum Gasteiger partial charge on any atom is 0.264 e. The second-order valence-electron chi connectivity index (χ2n) is 3.93. The van der Waals surface area contributed by atoms with Crippen molar-refractivity contribution in [2.45, 2.75) is 44.6 Å². The molecule has 0 atom stereocenters. The minimum atomic E-state index is -3.75. The molecule has 0 aromatic rings. The maximum absolute atomic E-state index is 10.4. The number of hydrogen-bond acceptors (Lipinski definition) is 3. The van der Waals surface area contributed by atoms with E-state index < -0.39 is 10.1 Å². The van der Waals surface area contributed by atoms with Crippen molar-refractivity contribution in [3.05, 3.63) is 0 Å². The molecule has 0 heterocycles. The zero-order chi connectivity index (χ0) is 10.4. The van der Waals surface area contributed by atoms with Crippen molar-refractivity contribution in [1.82, 2.24) is 5.32 Å². The molecule has 14 heavy (non-hydrogen) atoms. The van der Waals surface area contributed by atoms with Crippen LogP contribution in [0, 0.1) is 0 Å². The van der Waals surface area contributed by atoms with E-state index in [9.17, 15) is 8.42 Å². The summed E-state index contributed by atoms with van der Waals surface area (Å²) in [6, 6.07) is 0.640. The zero-order valence-electron chi connectivity index (χ0n) is 8.41. The molecule has 1 aliphatic carbocycles. The smallest absolute Gasteiger partial charge is 0.264 e. The summed E-state index contributed by atoms with van der Waals surface area (Å²) in [6.45, 7) is 0.861. The standard InChI is InChI=1S/C9H19NO3S/c11-14(12,13)8-4-3-7-10-9-5-1-2-6-9/h9-10H,1-8H2,(H,11,12,13). The van der Waals surface area contributed by atoms with Crippen LogP contribution in [0.2, 0.25) is 0 Å². The van der Waals surface area contributed by atoms with Crippen LogP contribution < -0.4 is 5.32 Å². The Morgan fingerprint density at radius 3 is 2.43 bits per heavy atom. The van der Waals surface area contributed by atoms with Crippen LogP contribution >= 0.6 is 0 Å². The third kappa shape index (κ3) is 5.57. The summed E-state index contributed by atoms with van der Waals surface area (Å²) in [5, 5.41) is 3.39. The highest BCUT2D eigenvalue weighted by atomic mass is 32.2. The molecule has 1 rings (SSSR count). The van der Waals surface area contributed by atoms with Crippen LogP contribution in [0.15, 0.2) is 0 Å². The normalized spacial score (nSPS) is 18.9. The summed E-state index contributed by atoms with van der Waals surface area (Å²) >= 11 is 0. The summed E-state index contributed by atoms with van der Waals surface area (Å²) in [4.78, 5) is 0. The van der Waals surface area contributed by atoms with Gasteiger partial charge >= 0.3 is 0 Å². The number of unbranched alkanes of at least 4 members (excludes halogenated alkanes) is 1. The van der Waals surface area contributed by atoms with Crippen molar-refractivity contribution in [2.75, 3.05) is 12.3 Å². The highest BCUT2D eigenvalue weighted by Gasteiger charge is 2.13. The summed E-state index contributed by atoms with van der Waals surface area (Å²) in [5.41, 5.74) is 0. The monoisotopic (exact) mass is 221 g/mol. The van der Waals surface area contributed by atoms with Crippen molar-refractivity contribution in [1.29, 1.82) is 0 Å². The molecule has 0 unspecified atom stereocenters. The van der Waals surface area contributed by atoms with Crippen LogP contribution in [-0.4, -0.2) is 31.3 Å². The van der Waals surface area contributed by atoms with Crippen LogP contribution in [0.25, 0.3) is 0 Å². The Morgan fingerprint density at radius 1 is 1.21 bits per heavy atom. The maximum atomic E-state index is 10.4. The molecule has 0 aromatic heterocycles. The fraction of sp³-hybridized carbons (Fsp3) is 1.00. The largest absolute Gasteiger partial charge is 0.314 e. The highest BCUT2D eigenvalue weighted by Crippen LogP contribution is 2.17. The second kappa shape index (κ2) is 5.68. The molecule has 0 aromatic carbocycles. The van der Waals surface area contributed by atoms with Crippen molar-refractivity contribution in [3.63, 3.8) is 0 Å². The quantitative estimate of drug-likeness (QED) is 0.522. The molecule has 0 saturated heterocycles. The second-order valence-corrected chi connectivity index (χ2v) is 5.50. The third-order valence-corrected chi connectivity index (χ3v) is 3.42. The predicted molar refractivity (Wildman–Crippen MR) is 55.9 cm³/mol.